The molecule has 0 saturated heterocycles. The summed E-state index contributed by atoms with van der Waals surface area (Å²) in [6, 6.07) is 0. The quantitative estimate of drug-likeness (QED) is 0.580. The molecule has 0 unspecified atom stereocenters. The van der Waals surface area contributed by atoms with E-state index in [0.717, 1.165) is 5.92 Å². The molecule has 1 radical (unpaired) electrons. The Kier molecular flexibility index (Phi) is 140. The summed E-state index contributed by atoms with van der Waals surface area (Å²) in [5, 5.41) is 0. The van der Waals surface area contributed by atoms with Gasteiger partial charge in [0.1, 0.15) is 0 Å². The van der Waals surface area contributed by atoms with Crippen molar-refractivity contribution in [3.8, 4) is 0 Å². The summed E-state index contributed by atoms with van der Waals surface area (Å²) >= 11 is 0. The number of hydrogen-bond acceptors (Lipinski definition) is 0. The van der Waals surface area contributed by atoms with Crippen LogP contribution in [0, 0.1) is 19.8 Å². The van der Waals surface area contributed by atoms with Crippen LogP contribution in [-0.4, -0.2) is 0 Å². The van der Waals surface area contributed by atoms with E-state index in [-0.39, 0.29) is 69.8 Å². The molecule has 13 heavy (non-hydrogen) atoms. The van der Waals surface area contributed by atoms with E-state index in [9.17, 15) is 0 Å². The average Bonchev–Trinajstić information content (AvgIpc) is 1.61. The van der Waals surface area contributed by atoms with Crippen molar-refractivity contribution in [2.45, 2.75) is 63.3 Å². The van der Waals surface area contributed by atoms with Crippen molar-refractivity contribution in [2.75, 3.05) is 0 Å². The fraction of sp³-hybridized carbons (Fsp3) is 0.833. The molecule has 0 heterocycles. The maximum atomic E-state index is 2.25. The van der Waals surface area contributed by atoms with Crippen LogP contribution in [0.3, 0.4) is 0 Å². The molecule has 0 N–H and O–H groups in total. The molecule has 0 rings (SSSR count). The van der Waals surface area contributed by atoms with Crippen LogP contribution in [0.25, 0.3) is 0 Å². The molecule has 0 saturated carbocycles. The van der Waals surface area contributed by atoms with Crippen LogP contribution in [0.1, 0.15) is 63.3 Å². The molecular weight excluding hydrogens is 233 g/mol. The van der Waals surface area contributed by atoms with Gasteiger partial charge in [-0.3, -0.25) is 0 Å². The van der Waals surface area contributed by atoms with E-state index in [0.29, 0.717) is 0 Å². The van der Waals surface area contributed by atoms with Crippen molar-refractivity contribution < 1.29 is 32.7 Å². The van der Waals surface area contributed by atoms with Crippen LogP contribution in [0.5, 0.6) is 0 Å². The van der Waals surface area contributed by atoms with E-state index >= 15 is 0 Å². The van der Waals surface area contributed by atoms with Crippen molar-refractivity contribution >= 4 is 0 Å². The summed E-state index contributed by atoms with van der Waals surface area (Å²) in [6.07, 6.45) is 4.84. The summed E-state index contributed by atoms with van der Waals surface area (Å²) in [5.41, 5.74) is 0. The SMILES string of the molecule is C.C.C.C.C[CH-]CCC(C)C.[CH3-].[Y]. The fourth-order valence-electron chi connectivity index (χ4n) is 0.500. The van der Waals surface area contributed by atoms with Gasteiger partial charge in [0.2, 0.25) is 0 Å². The second kappa shape index (κ2) is 38.0. The van der Waals surface area contributed by atoms with Gasteiger partial charge in [-0.25, -0.2) is 0 Å². The zero-order valence-electron chi connectivity index (χ0n) is 7.15. The van der Waals surface area contributed by atoms with Gasteiger partial charge < -0.3 is 13.8 Å². The molecule has 0 fully saturated rings. The van der Waals surface area contributed by atoms with E-state index in [1.54, 1.807) is 0 Å². The molecule has 0 aromatic rings. The summed E-state index contributed by atoms with van der Waals surface area (Å²) in [6.45, 7) is 6.62. The fourth-order valence-corrected chi connectivity index (χ4v) is 0.500. The van der Waals surface area contributed by atoms with Gasteiger partial charge in [0.15, 0.2) is 0 Å². The van der Waals surface area contributed by atoms with Gasteiger partial charge in [0, 0.05) is 32.7 Å². The second-order valence-corrected chi connectivity index (χ2v) is 2.38. The first kappa shape index (κ1) is 48.0. The second-order valence-electron chi connectivity index (χ2n) is 2.38. The monoisotopic (exact) mass is 267 g/mol. The maximum absolute atomic E-state index is 2.25. The van der Waals surface area contributed by atoms with Crippen molar-refractivity contribution in [1.82, 2.24) is 0 Å². The first-order valence-corrected chi connectivity index (χ1v) is 3.05. The first-order chi connectivity index (χ1) is 3.27. The van der Waals surface area contributed by atoms with Crippen LogP contribution in [0.15, 0.2) is 0 Å². The van der Waals surface area contributed by atoms with Crippen LogP contribution in [-0.2, 0) is 32.7 Å². The smallest absolute Gasteiger partial charge is 0 e. The van der Waals surface area contributed by atoms with Crippen LogP contribution < -0.4 is 0 Å². The normalized spacial score (nSPS) is 5.54. The molecule has 0 aliphatic rings. The van der Waals surface area contributed by atoms with E-state index < -0.39 is 0 Å². The molecule has 0 aromatic heterocycles. The molecule has 0 aromatic carbocycles. The molecule has 0 aliphatic carbocycles. The topological polar surface area (TPSA) is 0 Å². The summed E-state index contributed by atoms with van der Waals surface area (Å²) in [7, 11) is 0. The first-order valence-electron chi connectivity index (χ1n) is 3.05. The largest absolute Gasteiger partial charge is 0.358 e. The van der Waals surface area contributed by atoms with Crippen molar-refractivity contribution in [1.29, 1.82) is 0 Å². The minimum atomic E-state index is 0. The van der Waals surface area contributed by atoms with Gasteiger partial charge >= 0.3 is 0 Å². The molecular formula is C12H34Y-2. The zero-order chi connectivity index (χ0) is 5.70. The van der Waals surface area contributed by atoms with Crippen LogP contribution in [0.4, 0.5) is 0 Å². The van der Waals surface area contributed by atoms with E-state index in [1.165, 1.54) is 12.8 Å². The molecule has 0 nitrogen and oxygen atoms in total. The Labute approximate surface area is 115 Å². The number of hydrogen-bond donors (Lipinski definition) is 0. The molecule has 0 atom stereocenters. The maximum Gasteiger partial charge on any atom is 0 e. The number of rotatable bonds is 3. The summed E-state index contributed by atoms with van der Waals surface area (Å²) < 4.78 is 0. The Hall–Kier alpha value is 1.10. The Morgan fingerprint density at radius 1 is 1.00 bits per heavy atom. The van der Waals surface area contributed by atoms with Gasteiger partial charge in [-0.2, -0.15) is 13.3 Å². The molecule has 0 amide bonds. The third kappa shape index (κ3) is 62.0. The van der Waals surface area contributed by atoms with E-state index in [4.69, 9.17) is 0 Å². The van der Waals surface area contributed by atoms with E-state index in [2.05, 4.69) is 27.2 Å². The molecule has 0 bridgehead atoms. The van der Waals surface area contributed by atoms with Crippen molar-refractivity contribution in [3.63, 3.8) is 0 Å². The minimum absolute atomic E-state index is 0. The molecule has 87 valence electrons. The Balaban J connectivity index is -0.0000000120. The average molecular weight is 267 g/mol. The third-order valence-electron chi connectivity index (χ3n) is 1.03. The molecule has 1 heteroatoms. The van der Waals surface area contributed by atoms with Crippen molar-refractivity contribution in [3.05, 3.63) is 13.8 Å². The zero-order valence-corrected chi connectivity index (χ0v) is 9.98. The standard InChI is InChI=1S/C7H15.4CH4.CH3.Y/c1-4-5-6-7(2)3;;;;;;/h4,7H,5-6H2,1-3H3;4*1H4;1H3;/q-1;;;;;-1;. The Morgan fingerprint density at radius 2 is 1.31 bits per heavy atom. The van der Waals surface area contributed by atoms with Crippen molar-refractivity contribution in [2.24, 2.45) is 5.92 Å². The van der Waals surface area contributed by atoms with Gasteiger partial charge in [0.05, 0.1) is 0 Å². The number of unbranched alkanes of at least 4 members (excludes halogenated alkanes) is 1. The Morgan fingerprint density at radius 3 is 1.38 bits per heavy atom. The van der Waals surface area contributed by atoms with Gasteiger partial charge in [-0.1, -0.05) is 50.0 Å². The summed E-state index contributed by atoms with van der Waals surface area (Å²) in [4.78, 5) is 0. The summed E-state index contributed by atoms with van der Waals surface area (Å²) in [5.74, 6) is 0.871. The van der Waals surface area contributed by atoms with Crippen LogP contribution >= 0.6 is 0 Å². The Bertz CT molecular complexity index is 34.1. The predicted octanol–water partition coefficient (Wildman–Crippen LogP) is 5.64. The minimum Gasteiger partial charge on any atom is -0.358 e. The van der Waals surface area contributed by atoms with Gasteiger partial charge in [-0.05, 0) is 5.92 Å². The third-order valence-corrected chi connectivity index (χ3v) is 1.03. The molecule has 0 aliphatic heterocycles. The van der Waals surface area contributed by atoms with Crippen LogP contribution in [0.2, 0.25) is 0 Å². The molecule has 0 spiro atoms. The van der Waals surface area contributed by atoms with Gasteiger partial charge in [-0.15, -0.1) is 0 Å². The predicted molar refractivity (Wildman–Crippen MR) is 67.4 cm³/mol. The van der Waals surface area contributed by atoms with E-state index in [1.807, 2.05) is 0 Å². The van der Waals surface area contributed by atoms with Gasteiger partial charge in [0.25, 0.3) is 0 Å².